The second kappa shape index (κ2) is 70.5. The van der Waals surface area contributed by atoms with E-state index >= 15 is 0 Å². The molecule has 1 fully saturated rings. The van der Waals surface area contributed by atoms with Gasteiger partial charge in [0.2, 0.25) is 5.91 Å². The van der Waals surface area contributed by atoms with Gasteiger partial charge in [0.25, 0.3) is 0 Å². The zero-order valence-corrected chi connectivity index (χ0v) is 60.2. The van der Waals surface area contributed by atoms with Crippen molar-refractivity contribution in [2.75, 3.05) is 13.2 Å². The van der Waals surface area contributed by atoms with Gasteiger partial charge in [0.05, 0.1) is 25.4 Å². The van der Waals surface area contributed by atoms with Crippen LogP contribution in [0.2, 0.25) is 0 Å². The normalized spacial score (nSPS) is 17.8. The van der Waals surface area contributed by atoms with Crippen molar-refractivity contribution < 1.29 is 39.8 Å². The van der Waals surface area contributed by atoms with Crippen molar-refractivity contribution in [3.05, 3.63) is 24.3 Å². The molecule has 1 aliphatic heterocycles. The molecular formula is C81H157NO8. The number of aliphatic hydroxyl groups is 5. The average Bonchev–Trinajstić information content (AvgIpc) is 1.33. The molecule has 0 radical (unpaired) electrons. The summed E-state index contributed by atoms with van der Waals surface area (Å²) < 4.78 is 11.3. The molecule has 1 rings (SSSR count). The monoisotopic (exact) mass is 1270 g/mol. The van der Waals surface area contributed by atoms with E-state index in [1.54, 1.807) is 6.08 Å². The van der Waals surface area contributed by atoms with Crippen molar-refractivity contribution in [1.29, 1.82) is 0 Å². The molecule has 7 unspecified atom stereocenters. The number of nitrogens with one attached hydrogen (secondary N) is 1. The average molecular weight is 1270 g/mol. The molecule has 0 bridgehead atoms. The minimum Gasteiger partial charge on any atom is -0.394 e. The SMILES string of the molecule is CCCCCCCCCCCCCCCCCCCCCCCCCCC/C=C/CC/C=C/C(O)C(COC1OC(CO)C(O)C(O)C1O)NC(=O)CCCCCCCCCCCCCCCCCCCCCCCCCCCCCCCCCCCCCC. The maximum atomic E-state index is 13.2. The number of carbonyl (C=O) groups is 1. The largest absolute Gasteiger partial charge is 0.394 e. The molecule has 9 heteroatoms. The second-order valence-corrected chi connectivity index (χ2v) is 28.6. The van der Waals surface area contributed by atoms with E-state index in [9.17, 15) is 30.3 Å². The summed E-state index contributed by atoms with van der Waals surface area (Å²) in [5, 5.41) is 54.9. The van der Waals surface area contributed by atoms with Crippen molar-refractivity contribution in [3.63, 3.8) is 0 Å². The third-order valence-corrected chi connectivity index (χ3v) is 19.8. The molecule has 1 aliphatic rings. The van der Waals surface area contributed by atoms with Crippen molar-refractivity contribution in [2.45, 2.75) is 474 Å². The lowest BCUT2D eigenvalue weighted by atomic mass is 9.99. The second-order valence-electron chi connectivity index (χ2n) is 28.6. The minimum absolute atomic E-state index is 0.176. The van der Waals surface area contributed by atoms with Gasteiger partial charge in [0.15, 0.2) is 6.29 Å². The Morgan fingerprint density at radius 2 is 0.633 bits per heavy atom. The molecular weight excluding hydrogens is 1110 g/mol. The first-order valence-electron chi connectivity index (χ1n) is 40.6. The van der Waals surface area contributed by atoms with E-state index in [0.717, 1.165) is 38.5 Å². The minimum atomic E-state index is -1.57. The summed E-state index contributed by atoms with van der Waals surface area (Å²) in [5.41, 5.74) is 0. The molecule has 1 amide bonds. The van der Waals surface area contributed by atoms with Gasteiger partial charge in [0.1, 0.15) is 24.4 Å². The molecule has 0 aliphatic carbocycles. The predicted molar refractivity (Wildman–Crippen MR) is 387 cm³/mol. The Balaban J connectivity index is 2.06. The van der Waals surface area contributed by atoms with Crippen LogP contribution in [0.25, 0.3) is 0 Å². The quantitative estimate of drug-likeness (QED) is 0.0261. The van der Waals surface area contributed by atoms with E-state index in [1.807, 2.05) is 6.08 Å². The van der Waals surface area contributed by atoms with Gasteiger partial charge >= 0.3 is 0 Å². The van der Waals surface area contributed by atoms with Gasteiger partial charge in [-0.3, -0.25) is 4.79 Å². The van der Waals surface area contributed by atoms with Crippen LogP contribution in [0, 0.1) is 0 Å². The van der Waals surface area contributed by atoms with Crippen LogP contribution in [-0.4, -0.2) is 87.5 Å². The maximum absolute atomic E-state index is 13.2. The molecule has 9 nitrogen and oxygen atoms in total. The molecule has 0 spiro atoms. The number of unbranched alkanes of at least 4 members (excludes halogenated alkanes) is 61. The standard InChI is InChI=1S/C81H157NO8/c1-3-5-7-9-11-13-15-17-19-21-23-25-27-29-31-33-35-36-37-38-39-41-43-45-47-49-51-53-55-57-59-61-63-65-67-69-71-77(85)82-74(73-89-81-80(88)79(87)78(86)76(72-83)90-81)75(84)70-68-66-64-62-60-58-56-54-52-50-48-46-44-42-40-34-32-30-28-26-24-22-20-18-16-14-12-10-8-6-4-2/h60,62,68,70,74-76,78-81,83-84,86-88H,3-59,61,63-67,69,71-73H2,1-2H3,(H,82,85)/b62-60+,70-68+. The van der Waals surface area contributed by atoms with E-state index < -0.39 is 49.5 Å². The maximum Gasteiger partial charge on any atom is 0.220 e. The molecule has 7 atom stereocenters. The lowest BCUT2D eigenvalue weighted by Gasteiger charge is -2.40. The lowest BCUT2D eigenvalue weighted by molar-refractivity contribution is -0.302. The van der Waals surface area contributed by atoms with Gasteiger partial charge in [-0.15, -0.1) is 0 Å². The summed E-state index contributed by atoms with van der Waals surface area (Å²) in [4.78, 5) is 13.2. The number of rotatable bonds is 73. The topological polar surface area (TPSA) is 149 Å². The van der Waals surface area contributed by atoms with Crippen molar-refractivity contribution in [1.82, 2.24) is 5.32 Å². The molecule has 6 N–H and O–H groups in total. The van der Waals surface area contributed by atoms with Crippen LogP contribution in [0.3, 0.4) is 0 Å². The van der Waals surface area contributed by atoms with Crippen LogP contribution in [0.15, 0.2) is 24.3 Å². The predicted octanol–water partition coefficient (Wildman–Crippen LogP) is 23.2. The Morgan fingerprint density at radius 3 is 0.933 bits per heavy atom. The highest BCUT2D eigenvalue weighted by atomic mass is 16.7. The first-order valence-corrected chi connectivity index (χ1v) is 40.6. The van der Waals surface area contributed by atoms with Crippen molar-refractivity contribution in [3.8, 4) is 0 Å². The molecule has 0 aromatic heterocycles. The highest BCUT2D eigenvalue weighted by Gasteiger charge is 2.44. The first-order chi connectivity index (χ1) is 44.3. The number of hydrogen-bond donors (Lipinski definition) is 6. The van der Waals surface area contributed by atoms with Gasteiger partial charge in [0, 0.05) is 6.42 Å². The van der Waals surface area contributed by atoms with Crippen LogP contribution in [0.4, 0.5) is 0 Å². The molecule has 0 aromatic carbocycles. The number of carbonyl (C=O) groups excluding carboxylic acids is 1. The number of amides is 1. The summed E-state index contributed by atoms with van der Waals surface area (Å²) in [6, 6.07) is -0.821. The fraction of sp³-hybridized carbons (Fsp3) is 0.938. The fourth-order valence-corrected chi connectivity index (χ4v) is 13.5. The summed E-state index contributed by atoms with van der Waals surface area (Å²) >= 11 is 0. The molecule has 0 saturated carbocycles. The summed E-state index contributed by atoms with van der Waals surface area (Å²) in [5.74, 6) is -0.176. The Kier molecular flexibility index (Phi) is 67.9. The van der Waals surface area contributed by atoms with Crippen molar-refractivity contribution in [2.24, 2.45) is 0 Å². The van der Waals surface area contributed by atoms with Crippen LogP contribution in [0.5, 0.6) is 0 Å². The van der Waals surface area contributed by atoms with E-state index in [2.05, 4.69) is 31.3 Å². The fourth-order valence-electron chi connectivity index (χ4n) is 13.5. The van der Waals surface area contributed by atoms with Gasteiger partial charge in [-0.2, -0.15) is 0 Å². The Morgan fingerprint density at radius 1 is 0.367 bits per heavy atom. The Labute approximate surface area is 559 Å². The van der Waals surface area contributed by atoms with E-state index in [-0.39, 0.29) is 12.5 Å². The van der Waals surface area contributed by atoms with E-state index in [1.165, 1.54) is 372 Å². The number of ether oxygens (including phenoxy) is 2. The van der Waals surface area contributed by atoms with Crippen molar-refractivity contribution >= 4 is 5.91 Å². The zero-order chi connectivity index (χ0) is 64.9. The lowest BCUT2D eigenvalue weighted by Crippen LogP contribution is -2.60. The zero-order valence-electron chi connectivity index (χ0n) is 60.2. The highest BCUT2D eigenvalue weighted by molar-refractivity contribution is 5.76. The van der Waals surface area contributed by atoms with Crippen LogP contribution in [-0.2, 0) is 14.3 Å². The van der Waals surface area contributed by atoms with Crippen LogP contribution < -0.4 is 5.32 Å². The highest BCUT2D eigenvalue weighted by Crippen LogP contribution is 2.24. The number of aliphatic hydroxyl groups excluding tert-OH is 5. The Hall–Kier alpha value is -1.33. The first kappa shape index (κ1) is 86.7. The molecule has 1 heterocycles. The number of allylic oxidation sites excluding steroid dienone is 3. The van der Waals surface area contributed by atoms with Gasteiger partial charge in [-0.05, 0) is 32.1 Å². The molecule has 90 heavy (non-hydrogen) atoms. The summed E-state index contributed by atoms with van der Waals surface area (Å²) in [7, 11) is 0. The molecule has 1 saturated heterocycles. The summed E-state index contributed by atoms with van der Waals surface area (Å²) in [6.45, 7) is 3.84. The van der Waals surface area contributed by atoms with Gasteiger partial charge < -0.3 is 40.3 Å². The van der Waals surface area contributed by atoms with E-state index in [0.29, 0.717) is 6.42 Å². The van der Waals surface area contributed by atoms with Gasteiger partial charge in [-0.1, -0.05) is 417 Å². The number of hydrogen-bond acceptors (Lipinski definition) is 8. The summed E-state index contributed by atoms with van der Waals surface area (Å²) in [6.07, 6.45) is 87.8. The Bertz CT molecular complexity index is 1480. The van der Waals surface area contributed by atoms with Gasteiger partial charge in [-0.25, -0.2) is 0 Å². The third-order valence-electron chi connectivity index (χ3n) is 19.8. The van der Waals surface area contributed by atoms with Crippen LogP contribution >= 0.6 is 0 Å². The molecule has 534 valence electrons. The smallest absolute Gasteiger partial charge is 0.220 e. The van der Waals surface area contributed by atoms with E-state index in [4.69, 9.17) is 9.47 Å². The third kappa shape index (κ3) is 58.1. The van der Waals surface area contributed by atoms with Crippen LogP contribution in [0.1, 0.15) is 431 Å². The molecule has 0 aromatic rings.